The van der Waals surface area contributed by atoms with Gasteiger partial charge >= 0.3 is 0 Å². The highest BCUT2D eigenvalue weighted by Crippen LogP contribution is 2.33. The maximum atomic E-state index is 12.1. The molecular weight excluding hydrogens is 212 g/mol. The number of aryl methyl sites for hydroxylation is 1. The molecule has 1 N–H and O–H groups in total. The molecular formula is C14H20N2O. The molecule has 1 aliphatic rings. The summed E-state index contributed by atoms with van der Waals surface area (Å²) in [5.41, 5.74) is 3.34. The number of carbonyl (C=O) groups is 1. The van der Waals surface area contributed by atoms with E-state index in [1.165, 1.54) is 5.56 Å². The number of likely N-dealkylation sites (N-methyl/N-ethyl adjacent to an activating group) is 1. The van der Waals surface area contributed by atoms with Crippen molar-refractivity contribution in [2.45, 2.75) is 33.2 Å². The van der Waals surface area contributed by atoms with E-state index in [1.807, 2.05) is 13.1 Å². The molecule has 3 heteroatoms. The Bertz CT molecular complexity index is 440. The van der Waals surface area contributed by atoms with Crippen molar-refractivity contribution in [3.63, 3.8) is 0 Å². The van der Waals surface area contributed by atoms with Crippen LogP contribution in [0.5, 0.6) is 0 Å². The molecule has 0 saturated heterocycles. The SMILES string of the molecule is CCc1ccc2c(c1)NC(C(C)C)C(=O)N2C. The number of amides is 1. The van der Waals surface area contributed by atoms with Gasteiger partial charge in [0.15, 0.2) is 0 Å². The number of hydrogen-bond donors (Lipinski definition) is 1. The summed E-state index contributed by atoms with van der Waals surface area (Å²) in [7, 11) is 1.85. The fraction of sp³-hybridized carbons (Fsp3) is 0.500. The van der Waals surface area contributed by atoms with E-state index in [1.54, 1.807) is 4.90 Å². The Morgan fingerprint density at radius 1 is 1.41 bits per heavy atom. The van der Waals surface area contributed by atoms with Crippen molar-refractivity contribution in [3.05, 3.63) is 23.8 Å². The monoisotopic (exact) mass is 232 g/mol. The summed E-state index contributed by atoms with van der Waals surface area (Å²) in [5, 5.41) is 3.36. The molecule has 92 valence electrons. The van der Waals surface area contributed by atoms with Gasteiger partial charge in [-0.05, 0) is 30.0 Å². The zero-order valence-electron chi connectivity index (χ0n) is 10.9. The van der Waals surface area contributed by atoms with E-state index in [0.717, 1.165) is 17.8 Å². The van der Waals surface area contributed by atoms with E-state index in [2.05, 4.69) is 38.2 Å². The average molecular weight is 232 g/mol. The molecule has 0 bridgehead atoms. The van der Waals surface area contributed by atoms with Crippen LogP contribution in [0.2, 0.25) is 0 Å². The number of hydrogen-bond acceptors (Lipinski definition) is 2. The molecule has 0 radical (unpaired) electrons. The molecule has 0 spiro atoms. The van der Waals surface area contributed by atoms with E-state index in [-0.39, 0.29) is 11.9 Å². The zero-order valence-corrected chi connectivity index (χ0v) is 10.9. The number of carbonyl (C=O) groups excluding carboxylic acids is 1. The summed E-state index contributed by atoms with van der Waals surface area (Å²) in [6.45, 7) is 6.27. The molecule has 2 rings (SSSR count). The quantitative estimate of drug-likeness (QED) is 0.850. The largest absolute Gasteiger partial charge is 0.372 e. The topological polar surface area (TPSA) is 32.3 Å². The summed E-state index contributed by atoms with van der Waals surface area (Å²) in [5.74, 6) is 0.445. The van der Waals surface area contributed by atoms with Crippen molar-refractivity contribution < 1.29 is 4.79 Å². The number of benzene rings is 1. The van der Waals surface area contributed by atoms with Crippen molar-refractivity contribution in [1.29, 1.82) is 0 Å². The summed E-state index contributed by atoms with van der Waals surface area (Å²) >= 11 is 0. The van der Waals surface area contributed by atoms with Gasteiger partial charge < -0.3 is 10.2 Å². The van der Waals surface area contributed by atoms with E-state index < -0.39 is 0 Å². The lowest BCUT2D eigenvalue weighted by Crippen LogP contribution is -2.47. The molecule has 17 heavy (non-hydrogen) atoms. The van der Waals surface area contributed by atoms with Gasteiger partial charge in [0.2, 0.25) is 5.91 Å². The number of fused-ring (bicyclic) bond motifs is 1. The van der Waals surface area contributed by atoms with Gasteiger partial charge in [-0.1, -0.05) is 26.8 Å². The Balaban J connectivity index is 2.42. The van der Waals surface area contributed by atoms with E-state index in [9.17, 15) is 4.79 Å². The van der Waals surface area contributed by atoms with Crippen LogP contribution in [0.25, 0.3) is 0 Å². The molecule has 1 heterocycles. The van der Waals surface area contributed by atoms with Crippen LogP contribution in [0.1, 0.15) is 26.3 Å². The van der Waals surface area contributed by atoms with Crippen molar-refractivity contribution in [3.8, 4) is 0 Å². The molecule has 0 aliphatic carbocycles. The highest BCUT2D eigenvalue weighted by Gasteiger charge is 2.31. The number of nitrogens with one attached hydrogen (secondary N) is 1. The smallest absolute Gasteiger partial charge is 0.249 e. The lowest BCUT2D eigenvalue weighted by molar-refractivity contribution is -0.120. The molecule has 1 amide bonds. The third-order valence-corrected chi connectivity index (χ3v) is 3.40. The summed E-state index contributed by atoms with van der Waals surface area (Å²) in [4.78, 5) is 13.9. The van der Waals surface area contributed by atoms with Crippen molar-refractivity contribution in [2.24, 2.45) is 5.92 Å². The maximum absolute atomic E-state index is 12.1. The minimum absolute atomic E-state index is 0.111. The van der Waals surface area contributed by atoms with Crippen LogP contribution in [0.3, 0.4) is 0 Å². The lowest BCUT2D eigenvalue weighted by atomic mass is 9.98. The normalized spacial score (nSPS) is 19.2. The summed E-state index contributed by atoms with van der Waals surface area (Å²) in [6, 6.07) is 6.14. The van der Waals surface area contributed by atoms with Gasteiger partial charge in [0.1, 0.15) is 6.04 Å². The van der Waals surface area contributed by atoms with E-state index in [0.29, 0.717) is 5.92 Å². The van der Waals surface area contributed by atoms with Crippen LogP contribution < -0.4 is 10.2 Å². The molecule has 1 aliphatic heterocycles. The Kier molecular flexibility index (Phi) is 3.09. The van der Waals surface area contributed by atoms with Crippen molar-refractivity contribution in [1.82, 2.24) is 0 Å². The first-order chi connectivity index (χ1) is 8.04. The highest BCUT2D eigenvalue weighted by molar-refractivity contribution is 6.04. The molecule has 0 aromatic heterocycles. The first kappa shape index (κ1) is 12.0. The minimum Gasteiger partial charge on any atom is -0.372 e. The molecule has 1 atom stereocenters. The Labute approximate surface area is 103 Å². The van der Waals surface area contributed by atoms with Gasteiger partial charge in [0, 0.05) is 7.05 Å². The number of nitrogens with zero attached hydrogens (tertiary/aromatic N) is 1. The third kappa shape index (κ3) is 2.02. The first-order valence-corrected chi connectivity index (χ1v) is 6.21. The second kappa shape index (κ2) is 4.40. The Hall–Kier alpha value is -1.51. The Morgan fingerprint density at radius 3 is 2.71 bits per heavy atom. The van der Waals surface area contributed by atoms with Crippen LogP contribution in [-0.4, -0.2) is 19.0 Å². The molecule has 1 aromatic carbocycles. The first-order valence-electron chi connectivity index (χ1n) is 6.21. The predicted molar refractivity (Wildman–Crippen MR) is 71.5 cm³/mol. The van der Waals surface area contributed by atoms with Gasteiger partial charge in [-0.25, -0.2) is 0 Å². The second-order valence-corrected chi connectivity index (χ2v) is 4.97. The predicted octanol–water partition coefficient (Wildman–Crippen LogP) is 2.66. The zero-order chi connectivity index (χ0) is 12.6. The van der Waals surface area contributed by atoms with Crippen LogP contribution in [-0.2, 0) is 11.2 Å². The van der Waals surface area contributed by atoms with Crippen molar-refractivity contribution in [2.75, 3.05) is 17.3 Å². The lowest BCUT2D eigenvalue weighted by Gasteiger charge is -2.35. The van der Waals surface area contributed by atoms with Gasteiger partial charge in [-0.3, -0.25) is 4.79 Å². The van der Waals surface area contributed by atoms with Crippen LogP contribution >= 0.6 is 0 Å². The van der Waals surface area contributed by atoms with Gasteiger partial charge in [0.05, 0.1) is 11.4 Å². The molecule has 3 nitrogen and oxygen atoms in total. The summed E-state index contributed by atoms with van der Waals surface area (Å²) in [6.07, 6.45) is 1.01. The molecule has 1 unspecified atom stereocenters. The van der Waals surface area contributed by atoms with Gasteiger partial charge in [-0.2, -0.15) is 0 Å². The fourth-order valence-corrected chi connectivity index (χ4v) is 2.22. The molecule has 1 aromatic rings. The van der Waals surface area contributed by atoms with Crippen molar-refractivity contribution >= 4 is 17.3 Å². The van der Waals surface area contributed by atoms with Crippen LogP contribution in [0.15, 0.2) is 18.2 Å². The van der Waals surface area contributed by atoms with Gasteiger partial charge in [0.25, 0.3) is 0 Å². The number of rotatable bonds is 2. The van der Waals surface area contributed by atoms with Crippen LogP contribution in [0.4, 0.5) is 11.4 Å². The van der Waals surface area contributed by atoms with E-state index in [4.69, 9.17) is 0 Å². The molecule has 0 saturated carbocycles. The minimum atomic E-state index is -0.111. The fourth-order valence-electron chi connectivity index (χ4n) is 2.22. The third-order valence-electron chi connectivity index (χ3n) is 3.40. The Morgan fingerprint density at radius 2 is 2.12 bits per heavy atom. The van der Waals surface area contributed by atoms with E-state index >= 15 is 0 Å². The highest BCUT2D eigenvalue weighted by atomic mass is 16.2. The standard InChI is InChI=1S/C14H20N2O/c1-5-10-6-7-12-11(8-10)15-13(9(2)3)14(17)16(12)4/h6-9,13,15H,5H2,1-4H3. The summed E-state index contributed by atoms with van der Waals surface area (Å²) < 4.78 is 0. The molecule has 0 fully saturated rings. The maximum Gasteiger partial charge on any atom is 0.249 e. The second-order valence-electron chi connectivity index (χ2n) is 4.97. The number of anilines is 2. The van der Waals surface area contributed by atoms with Gasteiger partial charge in [-0.15, -0.1) is 0 Å². The average Bonchev–Trinajstić information content (AvgIpc) is 2.32. The van der Waals surface area contributed by atoms with Crippen LogP contribution in [0, 0.1) is 5.92 Å².